The zero-order valence-corrected chi connectivity index (χ0v) is 11.8. The number of nitrogens with zero attached hydrogens (tertiary/aromatic N) is 1. The molecule has 17 heavy (non-hydrogen) atoms. The van der Waals surface area contributed by atoms with E-state index in [1.807, 2.05) is 17.3 Å². The molecular weight excluding hydrogens is 302 g/mol. The molecule has 0 aromatic carbocycles. The molecule has 0 aliphatic carbocycles. The van der Waals surface area contributed by atoms with Gasteiger partial charge < -0.3 is 4.42 Å². The molecule has 0 fully saturated rings. The summed E-state index contributed by atoms with van der Waals surface area (Å²) < 4.78 is 6.16. The lowest BCUT2D eigenvalue weighted by molar-refractivity contribution is 0.0916. The van der Waals surface area contributed by atoms with Crippen LogP contribution < -0.4 is 0 Å². The average Bonchev–Trinajstić information content (AvgIpc) is 2.89. The summed E-state index contributed by atoms with van der Waals surface area (Å²) in [6.07, 6.45) is 1.52. The molecule has 0 amide bonds. The number of hydrogen-bond acceptors (Lipinski definition) is 4. The van der Waals surface area contributed by atoms with E-state index < -0.39 is 0 Å². The van der Waals surface area contributed by atoms with Crippen molar-refractivity contribution in [2.75, 3.05) is 13.6 Å². The Morgan fingerprint density at radius 2 is 2.41 bits per heavy atom. The Hall–Kier alpha value is -0.910. The summed E-state index contributed by atoms with van der Waals surface area (Å²) in [6, 6.07) is 5.49. The average molecular weight is 314 g/mol. The third-order valence-electron chi connectivity index (χ3n) is 2.26. The lowest BCUT2D eigenvalue weighted by Gasteiger charge is -2.13. The van der Waals surface area contributed by atoms with Crippen molar-refractivity contribution in [1.82, 2.24) is 4.90 Å². The number of rotatable bonds is 5. The highest BCUT2D eigenvalue weighted by atomic mass is 79.9. The van der Waals surface area contributed by atoms with Crippen molar-refractivity contribution in [1.29, 1.82) is 0 Å². The van der Waals surface area contributed by atoms with Crippen LogP contribution in [0.15, 0.2) is 38.7 Å². The molecule has 0 aliphatic heterocycles. The van der Waals surface area contributed by atoms with E-state index >= 15 is 0 Å². The second-order valence-corrected chi connectivity index (χ2v) is 5.72. The van der Waals surface area contributed by atoms with Gasteiger partial charge in [0.05, 0.1) is 12.8 Å². The number of carbonyl (C=O) groups is 1. The van der Waals surface area contributed by atoms with Gasteiger partial charge in [-0.25, -0.2) is 0 Å². The van der Waals surface area contributed by atoms with Crippen molar-refractivity contribution in [3.05, 3.63) is 45.0 Å². The first-order valence-electron chi connectivity index (χ1n) is 5.13. The van der Waals surface area contributed by atoms with E-state index in [-0.39, 0.29) is 5.78 Å². The highest BCUT2D eigenvalue weighted by molar-refractivity contribution is 9.10. The lowest BCUT2D eigenvalue weighted by atomic mass is 10.3. The van der Waals surface area contributed by atoms with Crippen LogP contribution in [0.5, 0.6) is 0 Å². The minimum Gasteiger partial charge on any atom is -0.461 e. The fourth-order valence-corrected chi connectivity index (χ4v) is 3.05. The third kappa shape index (κ3) is 3.52. The summed E-state index contributed by atoms with van der Waals surface area (Å²) in [5.41, 5.74) is 0. The van der Waals surface area contributed by atoms with Crippen molar-refractivity contribution in [3.63, 3.8) is 0 Å². The number of likely N-dealkylation sites (N-methyl/N-ethyl adjacent to an activating group) is 1. The first-order valence-corrected chi connectivity index (χ1v) is 6.80. The van der Waals surface area contributed by atoms with Gasteiger partial charge in [0.15, 0.2) is 5.76 Å². The molecule has 2 heterocycles. The summed E-state index contributed by atoms with van der Waals surface area (Å²) in [6.45, 7) is 1.13. The SMILES string of the molecule is CN(CC(=O)c1ccco1)Cc1cc(Br)cs1. The molecule has 2 rings (SSSR count). The van der Waals surface area contributed by atoms with Crippen LogP contribution in [0.1, 0.15) is 15.4 Å². The van der Waals surface area contributed by atoms with Gasteiger partial charge in [-0.05, 0) is 41.2 Å². The molecule has 0 saturated heterocycles. The van der Waals surface area contributed by atoms with Gasteiger partial charge >= 0.3 is 0 Å². The predicted octanol–water partition coefficient (Wildman–Crippen LogP) is 3.42. The molecule has 0 spiro atoms. The predicted molar refractivity (Wildman–Crippen MR) is 71.4 cm³/mol. The van der Waals surface area contributed by atoms with E-state index in [4.69, 9.17) is 4.42 Å². The molecule has 0 N–H and O–H groups in total. The number of halogens is 1. The summed E-state index contributed by atoms with van der Waals surface area (Å²) >= 11 is 5.09. The molecule has 2 aromatic heterocycles. The Bertz CT molecular complexity index is 492. The van der Waals surface area contributed by atoms with Crippen molar-refractivity contribution in [3.8, 4) is 0 Å². The Kier molecular flexibility index (Phi) is 4.15. The van der Waals surface area contributed by atoms with Crippen LogP contribution in [-0.4, -0.2) is 24.3 Å². The fourth-order valence-electron chi connectivity index (χ4n) is 1.52. The van der Waals surface area contributed by atoms with Gasteiger partial charge in [-0.2, -0.15) is 0 Å². The zero-order valence-electron chi connectivity index (χ0n) is 9.35. The number of carbonyl (C=O) groups excluding carboxylic acids is 1. The van der Waals surface area contributed by atoms with E-state index in [0.717, 1.165) is 11.0 Å². The quantitative estimate of drug-likeness (QED) is 0.793. The van der Waals surface area contributed by atoms with Crippen LogP contribution in [0, 0.1) is 0 Å². The van der Waals surface area contributed by atoms with E-state index in [2.05, 4.69) is 22.0 Å². The van der Waals surface area contributed by atoms with Crippen molar-refractivity contribution in [2.24, 2.45) is 0 Å². The standard InChI is InChI=1S/C12H12BrNO2S/c1-14(6-10-5-9(13)8-17-10)7-11(15)12-3-2-4-16-12/h2-5,8H,6-7H2,1H3. The maximum Gasteiger partial charge on any atom is 0.211 e. The maximum atomic E-state index is 11.8. The second-order valence-electron chi connectivity index (χ2n) is 3.80. The lowest BCUT2D eigenvalue weighted by Crippen LogP contribution is -2.24. The molecule has 0 radical (unpaired) electrons. The van der Waals surface area contributed by atoms with E-state index in [1.54, 1.807) is 23.5 Å². The maximum absolute atomic E-state index is 11.8. The second kappa shape index (κ2) is 5.62. The summed E-state index contributed by atoms with van der Waals surface area (Å²) in [5, 5.41) is 2.04. The number of Topliss-reactive ketones (excluding diaryl/α,β-unsaturated/α-hetero) is 1. The number of furan rings is 1. The highest BCUT2D eigenvalue weighted by Gasteiger charge is 2.12. The van der Waals surface area contributed by atoms with Gasteiger partial charge in [-0.15, -0.1) is 11.3 Å². The smallest absolute Gasteiger partial charge is 0.211 e. The minimum atomic E-state index is 0.00752. The molecule has 5 heteroatoms. The van der Waals surface area contributed by atoms with Gasteiger partial charge in [0, 0.05) is 21.3 Å². The Labute approximate surface area is 112 Å². The molecular formula is C12H12BrNO2S. The van der Waals surface area contributed by atoms with Gasteiger partial charge in [0.1, 0.15) is 0 Å². The molecule has 0 unspecified atom stereocenters. The van der Waals surface area contributed by atoms with Gasteiger partial charge in [-0.3, -0.25) is 9.69 Å². The van der Waals surface area contributed by atoms with Crippen LogP contribution >= 0.6 is 27.3 Å². The van der Waals surface area contributed by atoms with Crippen LogP contribution in [0.25, 0.3) is 0 Å². The first-order chi connectivity index (χ1) is 8.15. The largest absolute Gasteiger partial charge is 0.461 e. The molecule has 0 saturated carbocycles. The van der Waals surface area contributed by atoms with Gasteiger partial charge in [0.25, 0.3) is 0 Å². The first kappa shape index (κ1) is 12.5. The molecule has 0 aliphatic rings. The molecule has 2 aromatic rings. The summed E-state index contributed by atoms with van der Waals surface area (Å²) in [4.78, 5) is 15.0. The molecule has 0 atom stereocenters. The summed E-state index contributed by atoms with van der Waals surface area (Å²) in [5.74, 6) is 0.428. The normalized spacial score (nSPS) is 11.0. The van der Waals surface area contributed by atoms with Crippen molar-refractivity contribution >= 4 is 33.0 Å². The Morgan fingerprint density at radius 3 is 3.00 bits per heavy atom. The number of hydrogen-bond donors (Lipinski definition) is 0. The van der Waals surface area contributed by atoms with Crippen LogP contribution in [0.3, 0.4) is 0 Å². The third-order valence-corrected chi connectivity index (χ3v) is 3.94. The Morgan fingerprint density at radius 1 is 1.59 bits per heavy atom. The van der Waals surface area contributed by atoms with Crippen LogP contribution in [0.4, 0.5) is 0 Å². The van der Waals surface area contributed by atoms with Crippen LogP contribution in [0.2, 0.25) is 0 Å². The monoisotopic (exact) mass is 313 g/mol. The topological polar surface area (TPSA) is 33.5 Å². The minimum absolute atomic E-state index is 0.00752. The van der Waals surface area contributed by atoms with Gasteiger partial charge in [-0.1, -0.05) is 0 Å². The molecule has 90 valence electrons. The van der Waals surface area contributed by atoms with Crippen LogP contribution in [-0.2, 0) is 6.54 Å². The van der Waals surface area contributed by atoms with Crippen molar-refractivity contribution in [2.45, 2.75) is 6.54 Å². The zero-order chi connectivity index (χ0) is 12.3. The fraction of sp³-hybridized carbons (Fsp3) is 0.250. The van der Waals surface area contributed by atoms with Crippen molar-refractivity contribution < 1.29 is 9.21 Å². The molecule has 0 bridgehead atoms. The van der Waals surface area contributed by atoms with E-state index in [9.17, 15) is 4.79 Å². The summed E-state index contributed by atoms with van der Waals surface area (Å²) in [7, 11) is 1.93. The van der Waals surface area contributed by atoms with Gasteiger partial charge in [0.2, 0.25) is 5.78 Å². The number of ketones is 1. The highest BCUT2D eigenvalue weighted by Crippen LogP contribution is 2.20. The van der Waals surface area contributed by atoms with E-state index in [0.29, 0.717) is 12.3 Å². The Balaban J connectivity index is 1.89. The molecule has 3 nitrogen and oxygen atoms in total. The van der Waals surface area contributed by atoms with E-state index in [1.165, 1.54) is 11.1 Å². The number of thiophene rings is 1.